The van der Waals surface area contributed by atoms with E-state index in [9.17, 15) is 4.79 Å². The van der Waals surface area contributed by atoms with E-state index in [1.165, 1.54) is 6.92 Å². The summed E-state index contributed by atoms with van der Waals surface area (Å²) in [5.74, 6) is 0. The number of benzene rings is 1. The molecule has 0 aliphatic carbocycles. The number of nitriles is 1. The number of carbonyl (C=O) groups excluding carboxylic acids is 1. The van der Waals surface area contributed by atoms with Crippen LogP contribution >= 0.6 is 11.6 Å². The van der Waals surface area contributed by atoms with E-state index < -0.39 is 10.7 Å². The van der Waals surface area contributed by atoms with Gasteiger partial charge in [-0.05, 0) is 24.1 Å². The number of halogens is 1. The zero-order chi connectivity index (χ0) is 9.90. The molecule has 66 valence electrons. The van der Waals surface area contributed by atoms with Gasteiger partial charge in [-0.15, -0.1) is 0 Å². The van der Waals surface area contributed by atoms with Gasteiger partial charge in [0.05, 0.1) is 6.07 Å². The molecule has 0 spiro atoms. The zero-order valence-electron chi connectivity index (χ0n) is 7.12. The lowest BCUT2D eigenvalue weighted by molar-refractivity contribution is -0.114. The van der Waals surface area contributed by atoms with Crippen molar-refractivity contribution in [2.24, 2.45) is 0 Å². The molecule has 0 radical (unpaired) electrons. The van der Waals surface area contributed by atoms with Crippen molar-refractivity contribution in [3.63, 3.8) is 0 Å². The molecule has 2 nitrogen and oxygen atoms in total. The number of rotatable bonds is 2. The van der Waals surface area contributed by atoms with Crippen molar-refractivity contribution < 1.29 is 4.79 Å². The molecule has 0 aliphatic heterocycles. The van der Waals surface area contributed by atoms with E-state index in [1.807, 2.05) is 12.1 Å². The maximum Gasteiger partial charge on any atom is 0.246 e. The molecule has 0 aliphatic rings. The molecule has 0 N–H and O–H groups in total. The Kier molecular flexibility index (Phi) is 2.69. The van der Waals surface area contributed by atoms with E-state index in [-0.39, 0.29) is 0 Å². The highest BCUT2D eigenvalue weighted by atomic mass is 35.5. The molecule has 0 unspecified atom stereocenters. The van der Waals surface area contributed by atoms with Crippen LogP contribution in [0.3, 0.4) is 0 Å². The molecule has 1 atom stereocenters. The number of hydrogen-bond donors (Lipinski definition) is 0. The van der Waals surface area contributed by atoms with Crippen LogP contribution < -0.4 is 0 Å². The molecule has 1 aromatic rings. The Morgan fingerprint density at radius 2 is 2.00 bits per heavy atom. The van der Waals surface area contributed by atoms with Gasteiger partial charge in [0.1, 0.15) is 0 Å². The van der Waals surface area contributed by atoms with Crippen LogP contribution in [-0.4, -0.2) is 5.24 Å². The third kappa shape index (κ3) is 1.71. The fourth-order valence-corrected chi connectivity index (χ4v) is 1.14. The van der Waals surface area contributed by atoms with Crippen LogP contribution in [0.5, 0.6) is 0 Å². The van der Waals surface area contributed by atoms with Crippen LogP contribution in [0.25, 0.3) is 0 Å². The molecule has 1 aromatic carbocycles. The molecular weight excluding hydrogens is 186 g/mol. The number of nitrogens with zero attached hydrogens (tertiary/aromatic N) is 1. The lowest BCUT2D eigenvalue weighted by Crippen LogP contribution is -2.26. The molecule has 1 rings (SSSR count). The number of carbonyl (C=O) groups is 1. The van der Waals surface area contributed by atoms with Crippen molar-refractivity contribution in [3.8, 4) is 6.07 Å². The summed E-state index contributed by atoms with van der Waals surface area (Å²) in [5, 5.41) is 8.20. The Morgan fingerprint density at radius 3 is 2.38 bits per heavy atom. The molecule has 3 heteroatoms. The van der Waals surface area contributed by atoms with Crippen LogP contribution in [0.15, 0.2) is 30.3 Å². The van der Waals surface area contributed by atoms with Crippen molar-refractivity contribution >= 4 is 16.8 Å². The summed E-state index contributed by atoms with van der Waals surface area (Å²) in [4.78, 5) is 11.0. The fraction of sp³-hybridized carbons (Fsp3) is 0.200. The summed E-state index contributed by atoms with van der Waals surface area (Å²) in [6.07, 6.45) is 0. The van der Waals surface area contributed by atoms with Gasteiger partial charge in [0.25, 0.3) is 0 Å². The average Bonchev–Trinajstić information content (AvgIpc) is 2.17. The van der Waals surface area contributed by atoms with Crippen LogP contribution in [0.4, 0.5) is 0 Å². The molecule has 0 heterocycles. The minimum Gasteiger partial charge on any atom is -0.279 e. The highest BCUT2D eigenvalue weighted by molar-refractivity contribution is 6.66. The van der Waals surface area contributed by atoms with E-state index in [4.69, 9.17) is 16.9 Å². The summed E-state index contributed by atoms with van der Waals surface area (Å²) in [5.41, 5.74) is -0.611. The Bertz CT molecular complexity index is 355. The van der Waals surface area contributed by atoms with Crippen molar-refractivity contribution in [3.05, 3.63) is 35.9 Å². The highest BCUT2D eigenvalue weighted by Crippen LogP contribution is 2.25. The van der Waals surface area contributed by atoms with Gasteiger partial charge in [-0.1, -0.05) is 30.3 Å². The summed E-state index contributed by atoms with van der Waals surface area (Å²) >= 11 is 5.36. The highest BCUT2D eigenvalue weighted by Gasteiger charge is 2.33. The van der Waals surface area contributed by atoms with Crippen LogP contribution in [0.1, 0.15) is 12.5 Å². The predicted octanol–water partition coefficient (Wildman–Crippen LogP) is 2.23. The van der Waals surface area contributed by atoms with Crippen molar-refractivity contribution in [1.82, 2.24) is 0 Å². The standard InChI is InChI=1S/C10H8ClNO/c1-10(7-12,9(11)13)8-5-3-2-4-6-8/h2-6H,1H3/t10-/m1/s1. The summed E-state index contributed by atoms with van der Waals surface area (Å²) < 4.78 is 0. The Hall–Kier alpha value is -1.33. The van der Waals surface area contributed by atoms with Gasteiger partial charge >= 0.3 is 0 Å². The number of hydrogen-bond acceptors (Lipinski definition) is 2. The lowest BCUT2D eigenvalue weighted by atomic mass is 9.85. The normalized spacial score (nSPS) is 14.2. The molecule has 0 fully saturated rings. The largest absolute Gasteiger partial charge is 0.279 e. The maximum absolute atomic E-state index is 11.0. The summed E-state index contributed by atoms with van der Waals surface area (Å²) in [6.45, 7) is 1.51. The van der Waals surface area contributed by atoms with Crippen LogP contribution in [-0.2, 0) is 10.2 Å². The van der Waals surface area contributed by atoms with Crippen molar-refractivity contribution in [2.75, 3.05) is 0 Å². The second-order valence-corrected chi connectivity index (χ2v) is 3.22. The average molecular weight is 194 g/mol. The van der Waals surface area contributed by atoms with Gasteiger partial charge in [0, 0.05) is 0 Å². The SMILES string of the molecule is C[C@](C#N)(C(=O)Cl)c1ccccc1. The summed E-state index contributed by atoms with van der Waals surface area (Å²) in [6, 6.07) is 10.7. The molecule has 0 amide bonds. The second-order valence-electron chi connectivity index (χ2n) is 2.88. The third-order valence-corrected chi connectivity index (χ3v) is 2.35. The predicted molar refractivity (Wildman–Crippen MR) is 50.3 cm³/mol. The first-order valence-electron chi connectivity index (χ1n) is 3.78. The van der Waals surface area contributed by atoms with E-state index in [0.717, 1.165) is 0 Å². The first-order chi connectivity index (χ1) is 6.11. The molecule has 0 saturated heterocycles. The Labute approximate surface area is 81.7 Å². The quantitative estimate of drug-likeness (QED) is 0.676. The minimum absolute atomic E-state index is 0.623. The lowest BCUT2D eigenvalue weighted by Gasteiger charge is -2.16. The monoisotopic (exact) mass is 193 g/mol. The van der Waals surface area contributed by atoms with E-state index >= 15 is 0 Å². The Morgan fingerprint density at radius 1 is 1.46 bits per heavy atom. The van der Waals surface area contributed by atoms with Crippen LogP contribution in [0.2, 0.25) is 0 Å². The van der Waals surface area contributed by atoms with Gasteiger partial charge in [-0.2, -0.15) is 5.26 Å². The molecule has 0 saturated carbocycles. The fourth-order valence-electron chi connectivity index (χ4n) is 0.993. The van der Waals surface area contributed by atoms with E-state index in [2.05, 4.69) is 0 Å². The minimum atomic E-state index is -1.23. The molecule has 0 aromatic heterocycles. The first-order valence-corrected chi connectivity index (χ1v) is 4.16. The molecular formula is C10H8ClNO. The Balaban J connectivity index is 3.21. The molecule has 0 bridgehead atoms. The third-order valence-electron chi connectivity index (χ3n) is 1.97. The van der Waals surface area contributed by atoms with Gasteiger partial charge in [-0.3, -0.25) is 4.79 Å². The van der Waals surface area contributed by atoms with E-state index in [1.54, 1.807) is 24.3 Å². The topological polar surface area (TPSA) is 40.9 Å². The van der Waals surface area contributed by atoms with Crippen molar-refractivity contribution in [1.29, 1.82) is 5.26 Å². The summed E-state index contributed by atoms with van der Waals surface area (Å²) in [7, 11) is 0. The smallest absolute Gasteiger partial charge is 0.246 e. The second kappa shape index (κ2) is 3.59. The maximum atomic E-state index is 11.0. The van der Waals surface area contributed by atoms with Gasteiger partial charge in [0.2, 0.25) is 5.24 Å². The van der Waals surface area contributed by atoms with Gasteiger partial charge in [-0.25, -0.2) is 0 Å². The first kappa shape index (κ1) is 9.76. The van der Waals surface area contributed by atoms with E-state index in [0.29, 0.717) is 5.56 Å². The zero-order valence-corrected chi connectivity index (χ0v) is 7.88. The van der Waals surface area contributed by atoms with Gasteiger partial charge in [0.15, 0.2) is 5.41 Å². The van der Waals surface area contributed by atoms with Crippen molar-refractivity contribution in [2.45, 2.75) is 12.3 Å². The molecule has 13 heavy (non-hydrogen) atoms. The van der Waals surface area contributed by atoms with Gasteiger partial charge < -0.3 is 0 Å². The van der Waals surface area contributed by atoms with Crippen LogP contribution in [0, 0.1) is 11.3 Å².